The second-order valence-electron chi connectivity index (χ2n) is 3.65. The van der Waals surface area contributed by atoms with Crippen LogP contribution in [-0.4, -0.2) is 16.9 Å². The summed E-state index contributed by atoms with van der Waals surface area (Å²) >= 11 is 0. The van der Waals surface area contributed by atoms with E-state index in [1.165, 1.54) is 5.57 Å². The second kappa shape index (κ2) is 3.34. The van der Waals surface area contributed by atoms with Crippen molar-refractivity contribution >= 4 is 5.71 Å². The Morgan fingerprint density at radius 1 is 1.54 bits per heavy atom. The molecule has 2 aliphatic carbocycles. The summed E-state index contributed by atoms with van der Waals surface area (Å²) < 4.78 is 0. The maximum absolute atomic E-state index is 9.56. The van der Waals surface area contributed by atoms with Crippen LogP contribution in [0.25, 0.3) is 0 Å². The van der Waals surface area contributed by atoms with Crippen molar-refractivity contribution in [2.24, 2.45) is 16.9 Å². The summed E-state index contributed by atoms with van der Waals surface area (Å²) in [4.78, 5) is 0. The number of hydrazone groups is 1. The minimum atomic E-state index is -0.268. The van der Waals surface area contributed by atoms with Crippen LogP contribution in [-0.2, 0) is 0 Å². The van der Waals surface area contributed by atoms with E-state index in [-0.39, 0.29) is 6.10 Å². The Labute approximate surface area is 77.6 Å². The molecule has 0 bridgehead atoms. The molecule has 0 aliphatic heterocycles. The first-order chi connectivity index (χ1) is 6.31. The maximum Gasteiger partial charge on any atom is 0.0661 e. The van der Waals surface area contributed by atoms with Crippen LogP contribution in [0.3, 0.4) is 0 Å². The number of rotatable bonds is 0. The fourth-order valence-electron chi connectivity index (χ4n) is 2.11. The highest BCUT2D eigenvalue weighted by atomic mass is 16.3. The average Bonchev–Trinajstić information content (AvgIpc) is 2.16. The van der Waals surface area contributed by atoms with E-state index in [1.807, 2.05) is 6.08 Å². The van der Waals surface area contributed by atoms with Crippen LogP contribution in [0.5, 0.6) is 0 Å². The first-order valence-electron chi connectivity index (χ1n) is 4.63. The van der Waals surface area contributed by atoms with Gasteiger partial charge in [-0.05, 0) is 24.3 Å². The van der Waals surface area contributed by atoms with Crippen molar-refractivity contribution < 1.29 is 5.11 Å². The molecule has 2 atom stereocenters. The van der Waals surface area contributed by atoms with E-state index in [0.29, 0.717) is 12.3 Å². The largest absolute Gasteiger partial charge is 0.393 e. The van der Waals surface area contributed by atoms with Crippen molar-refractivity contribution in [2.75, 3.05) is 0 Å². The Bertz CT molecular complexity index is 291. The zero-order valence-electron chi connectivity index (χ0n) is 7.48. The van der Waals surface area contributed by atoms with Gasteiger partial charge in [-0.2, -0.15) is 5.10 Å². The molecule has 0 heterocycles. The number of hydrogen-bond donors (Lipinski definition) is 2. The van der Waals surface area contributed by atoms with Crippen LogP contribution in [0.1, 0.15) is 19.3 Å². The predicted molar refractivity (Wildman–Crippen MR) is 52.2 cm³/mol. The van der Waals surface area contributed by atoms with Gasteiger partial charge in [-0.25, -0.2) is 0 Å². The lowest BCUT2D eigenvalue weighted by molar-refractivity contribution is 0.149. The van der Waals surface area contributed by atoms with Crippen molar-refractivity contribution in [3.8, 4) is 0 Å². The molecule has 0 spiro atoms. The molecule has 3 nitrogen and oxygen atoms in total. The van der Waals surface area contributed by atoms with Gasteiger partial charge < -0.3 is 10.9 Å². The quantitative estimate of drug-likeness (QED) is 0.428. The number of aliphatic hydroxyl groups is 1. The number of allylic oxidation sites excluding steroid dienone is 4. The standard InChI is InChI=1S/C10H14N2O/c11-12-10-6-8(13)5-7-3-1-2-4-9(7)10/h1-2,4,7-8,13H,3,5-6,11H2. The molecule has 0 aromatic carbocycles. The molecule has 0 aromatic heterocycles. The van der Waals surface area contributed by atoms with Crippen molar-refractivity contribution in [3.63, 3.8) is 0 Å². The third-order valence-electron chi connectivity index (χ3n) is 2.75. The Morgan fingerprint density at radius 2 is 2.38 bits per heavy atom. The molecule has 2 rings (SSSR count). The normalized spacial score (nSPS) is 35.8. The molecule has 2 aliphatic rings. The minimum Gasteiger partial charge on any atom is -0.393 e. The zero-order chi connectivity index (χ0) is 9.26. The minimum absolute atomic E-state index is 0.268. The van der Waals surface area contributed by atoms with Gasteiger partial charge in [-0.3, -0.25) is 0 Å². The van der Waals surface area contributed by atoms with Crippen LogP contribution in [0.2, 0.25) is 0 Å². The summed E-state index contributed by atoms with van der Waals surface area (Å²) in [7, 11) is 0. The summed E-state index contributed by atoms with van der Waals surface area (Å²) in [5, 5.41) is 13.3. The highest BCUT2D eigenvalue weighted by Gasteiger charge is 2.29. The van der Waals surface area contributed by atoms with E-state index in [4.69, 9.17) is 5.84 Å². The van der Waals surface area contributed by atoms with E-state index < -0.39 is 0 Å². The number of fused-ring (bicyclic) bond motifs is 1. The van der Waals surface area contributed by atoms with Gasteiger partial charge in [0.1, 0.15) is 0 Å². The third kappa shape index (κ3) is 1.52. The summed E-state index contributed by atoms with van der Waals surface area (Å²) in [5.41, 5.74) is 2.09. The van der Waals surface area contributed by atoms with Crippen LogP contribution in [0.15, 0.2) is 28.9 Å². The van der Waals surface area contributed by atoms with E-state index in [0.717, 1.165) is 18.6 Å². The van der Waals surface area contributed by atoms with Gasteiger partial charge >= 0.3 is 0 Å². The first kappa shape index (κ1) is 8.51. The van der Waals surface area contributed by atoms with Gasteiger partial charge in [-0.15, -0.1) is 0 Å². The lowest BCUT2D eigenvalue weighted by Gasteiger charge is -2.30. The highest BCUT2D eigenvalue weighted by molar-refractivity contribution is 6.01. The van der Waals surface area contributed by atoms with Crippen LogP contribution >= 0.6 is 0 Å². The molecule has 70 valence electrons. The van der Waals surface area contributed by atoms with Crippen molar-refractivity contribution in [2.45, 2.75) is 25.4 Å². The Hall–Kier alpha value is -1.09. The lowest BCUT2D eigenvalue weighted by Crippen LogP contribution is -2.30. The molecular formula is C10H14N2O. The number of nitrogens with zero attached hydrogens (tertiary/aromatic N) is 1. The summed E-state index contributed by atoms with van der Waals surface area (Å²) in [6, 6.07) is 0. The molecule has 3 N–H and O–H groups in total. The molecule has 0 saturated heterocycles. The van der Waals surface area contributed by atoms with Crippen molar-refractivity contribution in [3.05, 3.63) is 23.8 Å². The molecule has 3 heteroatoms. The molecule has 1 saturated carbocycles. The van der Waals surface area contributed by atoms with Gasteiger partial charge in [0.2, 0.25) is 0 Å². The third-order valence-corrected chi connectivity index (χ3v) is 2.75. The van der Waals surface area contributed by atoms with Crippen LogP contribution in [0, 0.1) is 5.92 Å². The topological polar surface area (TPSA) is 58.6 Å². The smallest absolute Gasteiger partial charge is 0.0661 e. The van der Waals surface area contributed by atoms with Gasteiger partial charge in [0.05, 0.1) is 11.8 Å². The van der Waals surface area contributed by atoms with Gasteiger partial charge in [0.25, 0.3) is 0 Å². The van der Waals surface area contributed by atoms with E-state index >= 15 is 0 Å². The lowest BCUT2D eigenvalue weighted by atomic mass is 9.77. The SMILES string of the molecule is NN=C1CC(O)CC2CC=CC=C12. The molecule has 0 aromatic rings. The van der Waals surface area contributed by atoms with E-state index in [2.05, 4.69) is 17.3 Å². The fraction of sp³-hybridized carbons (Fsp3) is 0.500. The molecule has 0 radical (unpaired) electrons. The highest BCUT2D eigenvalue weighted by Crippen LogP contribution is 2.32. The van der Waals surface area contributed by atoms with Crippen molar-refractivity contribution in [1.82, 2.24) is 0 Å². The molecule has 1 fully saturated rings. The summed E-state index contributed by atoms with van der Waals surface area (Å²) in [6.07, 6.45) is 8.40. The Kier molecular flexibility index (Phi) is 2.19. The summed E-state index contributed by atoms with van der Waals surface area (Å²) in [5.74, 6) is 5.71. The molecule has 2 unspecified atom stereocenters. The van der Waals surface area contributed by atoms with Gasteiger partial charge in [0, 0.05) is 6.42 Å². The number of aliphatic hydroxyl groups excluding tert-OH is 1. The van der Waals surface area contributed by atoms with Gasteiger partial charge in [-0.1, -0.05) is 18.2 Å². The van der Waals surface area contributed by atoms with Crippen LogP contribution in [0.4, 0.5) is 0 Å². The zero-order valence-corrected chi connectivity index (χ0v) is 7.48. The Morgan fingerprint density at radius 3 is 3.15 bits per heavy atom. The number of nitrogens with two attached hydrogens (primary N) is 1. The van der Waals surface area contributed by atoms with Gasteiger partial charge in [0.15, 0.2) is 0 Å². The van der Waals surface area contributed by atoms with Crippen molar-refractivity contribution in [1.29, 1.82) is 0 Å². The second-order valence-corrected chi connectivity index (χ2v) is 3.65. The molecular weight excluding hydrogens is 164 g/mol. The first-order valence-corrected chi connectivity index (χ1v) is 4.63. The fourth-order valence-corrected chi connectivity index (χ4v) is 2.11. The summed E-state index contributed by atoms with van der Waals surface area (Å²) in [6.45, 7) is 0. The monoisotopic (exact) mass is 178 g/mol. The molecule has 13 heavy (non-hydrogen) atoms. The Balaban J connectivity index is 2.29. The average molecular weight is 178 g/mol. The number of hydrogen-bond acceptors (Lipinski definition) is 3. The maximum atomic E-state index is 9.56. The predicted octanol–water partition coefficient (Wildman–Crippen LogP) is 0.958. The van der Waals surface area contributed by atoms with E-state index in [9.17, 15) is 5.11 Å². The van der Waals surface area contributed by atoms with E-state index in [1.54, 1.807) is 0 Å². The molecule has 0 amide bonds. The van der Waals surface area contributed by atoms with Crippen LogP contribution < -0.4 is 5.84 Å².